The fourth-order valence-corrected chi connectivity index (χ4v) is 1.33. The molecule has 2 aromatic rings. The van der Waals surface area contributed by atoms with Gasteiger partial charge in [-0.3, -0.25) is 4.98 Å². The maximum atomic E-state index is 13.4. The van der Waals surface area contributed by atoms with Crippen molar-refractivity contribution in [2.24, 2.45) is 0 Å². The molecule has 0 atom stereocenters. The van der Waals surface area contributed by atoms with Gasteiger partial charge in [0, 0.05) is 17.3 Å². The van der Waals surface area contributed by atoms with Gasteiger partial charge >= 0.3 is 0 Å². The molecule has 0 saturated heterocycles. The number of nitrogens with zero attached hydrogens (tertiary/aromatic N) is 1. The zero-order valence-corrected chi connectivity index (χ0v) is 7.74. The highest BCUT2D eigenvalue weighted by atomic mass is 19.1. The molecular weight excluding hydrogens is 198 g/mol. The number of para-hydroxylation sites is 1. The lowest BCUT2D eigenvalue weighted by atomic mass is 10.1. The number of halogens is 2. The third-order valence-corrected chi connectivity index (χ3v) is 2.02. The van der Waals surface area contributed by atoms with E-state index in [0.717, 1.165) is 12.3 Å². The molecule has 0 aliphatic rings. The average molecular weight is 206 g/mol. The van der Waals surface area contributed by atoms with Gasteiger partial charge in [0.2, 0.25) is 0 Å². The van der Waals surface area contributed by atoms with Crippen LogP contribution < -0.4 is 5.73 Å². The third kappa shape index (κ3) is 1.79. The minimum absolute atomic E-state index is 0.0644. The second kappa shape index (κ2) is 3.65. The zero-order valence-electron chi connectivity index (χ0n) is 7.74. The molecule has 0 saturated carbocycles. The fraction of sp³-hybridized carbons (Fsp3) is 0. The van der Waals surface area contributed by atoms with Crippen LogP contribution in [0.4, 0.5) is 14.5 Å². The average Bonchev–Trinajstić information content (AvgIpc) is 2.20. The zero-order chi connectivity index (χ0) is 10.8. The summed E-state index contributed by atoms with van der Waals surface area (Å²) in [7, 11) is 0. The van der Waals surface area contributed by atoms with E-state index in [9.17, 15) is 8.78 Å². The molecule has 76 valence electrons. The van der Waals surface area contributed by atoms with Gasteiger partial charge in [-0.05, 0) is 6.07 Å². The first kappa shape index (κ1) is 9.58. The van der Waals surface area contributed by atoms with Crippen LogP contribution in [0.15, 0.2) is 36.5 Å². The summed E-state index contributed by atoms with van der Waals surface area (Å²) in [5.41, 5.74) is 6.60. The maximum absolute atomic E-state index is 13.4. The van der Waals surface area contributed by atoms with Crippen LogP contribution in [0.25, 0.3) is 11.3 Å². The molecule has 0 radical (unpaired) electrons. The van der Waals surface area contributed by atoms with E-state index in [-0.39, 0.29) is 5.69 Å². The number of pyridine rings is 1. The van der Waals surface area contributed by atoms with Crippen LogP contribution in [0.3, 0.4) is 0 Å². The Labute approximate surface area is 85.4 Å². The molecule has 0 amide bonds. The van der Waals surface area contributed by atoms with Crippen LogP contribution >= 0.6 is 0 Å². The van der Waals surface area contributed by atoms with Crippen LogP contribution in [-0.2, 0) is 0 Å². The predicted octanol–water partition coefficient (Wildman–Crippen LogP) is 2.61. The lowest BCUT2D eigenvalue weighted by molar-refractivity contribution is 0.576. The summed E-state index contributed by atoms with van der Waals surface area (Å²) >= 11 is 0. The van der Waals surface area contributed by atoms with E-state index < -0.39 is 11.6 Å². The molecule has 0 spiro atoms. The van der Waals surface area contributed by atoms with Crippen molar-refractivity contribution in [1.82, 2.24) is 4.98 Å². The molecule has 0 unspecified atom stereocenters. The highest BCUT2D eigenvalue weighted by molar-refractivity contribution is 5.73. The minimum atomic E-state index is -0.715. The number of hydrogen-bond acceptors (Lipinski definition) is 2. The van der Waals surface area contributed by atoms with E-state index in [4.69, 9.17) is 5.73 Å². The summed E-state index contributed by atoms with van der Waals surface area (Å²) in [5, 5.41) is 0. The molecule has 2 N–H and O–H groups in total. The molecule has 0 aliphatic carbocycles. The molecule has 15 heavy (non-hydrogen) atoms. The van der Waals surface area contributed by atoms with Gasteiger partial charge < -0.3 is 5.73 Å². The van der Waals surface area contributed by atoms with E-state index in [2.05, 4.69) is 4.98 Å². The van der Waals surface area contributed by atoms with Crippen LogP contribution in [0, 0.1) is 11.6 Å². The fourth-order valence-electron chi connectivity index (χ4n) is 1.33. The predicted molar refractivity (Wildman–Crippen MR) is 54.0 cm³/mol. The Bertz CT molecular complexity index is 498. The Morgan fingerprint density at radius 2 is 1.87 bits per heavy atom. The monoisotopic (exact) mass is 206 g/mol. The van der Waals surface area contributed by atoms with Gasteiger partial charge in [0.05, 0.1) is 6.20 Å². The van der Waals surface area contributed by atoms with Crippen molar-refractivity contribution < 1.29 is 8.78 Å². The van der Waals surface area contributed by atoms with Crippen molar-refractivity contribution in [2.75, 3.05) is 5.73 Å². The normalized spacial score (nSPS) is 10.3. The topological polar surface area (TPSA) is 38.9 Å². The lowest BCUT2D eigenvalue weighted by Gasteiger charge is -2.05. The maximum Gasteiger partial charge on any atom is 0.152 e. The number of benzene rings is 1. The molecule has 0 aliphatic heterocycles. The van der Waals surface area contributed by atoms with Crippen LogP contribution in [-0.4, -0.2) is 4.98 Å². The number of hydrogen-bond donors (Lipinski definition) is 1. The van der Waals surface area contributed by atoms with Gasteiger partial charge in [-0.1, -0.05) is 18.2 Å². The summed E-state index contributed by atoms with van der Waals surface area (Å²) in [6.07, 6.45) is 0.963. The van der Waals surface area contributed by atoms with Gasteiger partial charge in [0.1, 0.15) is 11.5 Å². The number of anilines is 1. The van der Waals surface area contributed by atoms with E-state index in [1.165, 1.54) is 0 Å². The molecule has 0 bridgehead atoms. The Balaban J connectivity index is 2.60. The summed E-state index contributed by atoms with van der Waals surface area (Å²) in [5.74, 6) is -1.42. The number of nitrogen functional groups attached to an aromatic ring is 1. The number of rotatable bonds is 1. The Morgan fingerprint density at radius 3 is 2.53 bits per heavy atom. The molecule has 2 rings (SSSR count). The van der Waals surface area contributed by atoms with Crippen molar-refractivity contribution in [2.45, 2.75) is 0 Å². The second-order valence-electron chi connectivity index (χ2n) is 3.07. The largest absolute Gasteiger partial charge is 0.398 e. The van der Waals surface area contributed by atoms with Gasteiger partial charge in [-0.25, -0.2) is 8.78 Å². The minimum Gasteiger partial charge on any atom is -0.398 e. The van der Waals surface area contributed by atoms with Crippen LogP contribution in [0.2, 0.25) is 0 Å². The highest BCUT2D eigenvalue weighted by Crippen LogP contribution is 2.25. The van der Waals surface area contributed by atoms with E-state index >= 15 is 0 Å². The van der Waals surface area contributed by atoms with Crippen molar-refractivity contribution in [1.29, 1.82) is 0 Å². The SMILES string of the molecule is Nc1ccccc1-c1ncc(F)cc1F. The van der Waals surface area contributed by atoms with E-state index in [0.29, 0.717) is 11.3 Å². The quantitative estimate of drug-likeness (QED) is 0.728. The first-order valence-corrected chi connectivity index (χ1v) is 4.34. The van der Waals surface area contributed by atoms with Crippen molar-refractivity contribution in [3.8, 4) is 11.3 Å². The Hall–Kier alpha value is -1.97. The van der Waals surface area contributed by atoms with Gasteiger partial charge in [-0.2, -0.15) is 0 Å². The highest BCUT2D eigenvalue weighted by Gasteiger charge is 2.09. The second-order valence-corrected chi connectivity index (χ2v) is 3.07. The molecular formula is C11H8F2N2. The Morgan fingerprint density at radius 1 is 1.13 bits per heavy atom. The third-order valence-electron chi connectivity index (χ3n) is 2.02. The van der Waals surface area contributed by atoms with E-state index in [1.54, 1.807) is 24.3 Å². The van der Waals surface area contributed by atoms with E-state index in [1.807, 2.05) is 0 Å². The van der Waals surface area contributed by atoms with Crippen LogP contribution in [0.5, 0.6) is 0 Å². The molecule has 0 fully saturated rings. The molecule has 1 aromatic carbocycles. The van der Waals surface area contributed by atoms with Gasteiger partial charge in [0.15, 0.2) is 5.82 Å². The number of aromatic nitrogens is 1. The molecule has 4 heteroatoms. The smallest absolute Gasteiger partial charge is 0.152 e. The standard InChI is InChI=1S/C11H8F2N2/c12-7-5-9(13)11(15-6-7)8-3-1-2-4-10(8)14/h1-6H,14H2. The summed E-state index contributed by atoms with van der Waals surface area (Å²) in [6, 6.07) is 7.52. The van der Waals surface area contributed by atoms with Gasteiger partial charge in [-0.15, -0.1) is 0 Å². The van der Waals surface area contributed by atoms with Crippen LogP contribution in [0.1, 0.15) is 0 Å². The Kier molecular flexibility index (Phi) is 2.33. The summed E-state index contributed by atoms with van der Waals surface area (Å²) in [6.45, 7) is 0. The first-order valence-electron chi connectivity index (χ1n) is 4.34. The first-order chi connectivity index (χ1) is 7.18. The summed E-state index contributed by atoms with van der Waals surface area (Å²) in [4.78, 5) is 3.68. The molecule has 1 aromatic heterocycles. The lowest BCUT2D eigenvalue weighted by Crippen LogP contribution is -1.95. The van der Waals surface area contributed by atoms with Crippen molar-refractivity contribution in [3.05, 3.63) is 48.2 Å². The summed E-state index contributed by atoms with van der Waals surface area (Å²) < 4.78 is 26.0. The van der Waals surface area contributed by atoms with Crippen molar-refractivity contribution in [3.63, 3.8) is 0 Å². The molecule has 1 heterocycles. The van der Waals surface area contributed by atoms with Crippen molar-refractivity contribution >= 4 is 5.69 Å². The van der Waals surface area contributed by atoms with Gasteiger partial charge in [0.25, 0.3) is 0 Å². The number of nitrogens with two attached hydrogens (primary N) is 1. The molecule has 2 nitrogen and oxygen atoms in total.